The number of nitrogens with zero attached hydrogens (tertiary/aromatic N) is 3. The van der Waals surface area contributed by atoms with Crippen LogP contribution in [0.2, 0.25) is 0 Å². The predicted octanol–water partition coefficient (Wildman–Crippen LogP) is 4.30. The maximum absolute atomic E-state index is 6.13. The fourth-order valence-corrected chi connectivity index (χ4v) is 4.05. The van der Waals surface area contributed by atoms with Crippen LogP contribution < -0.4 is 4.74 Å². The third kappa shape index (κ3) is 1.60. The lowest BCUT2D eigenvalue weighted by molar-refractivity contribution is 0.0981. The van der Waals surface area contributed by atoms with Gasteiger partial charge in [-0.2, -0.15) is 0 Å². The van der Waals surface area contributed by atoms with Crippen LogP contribution in [0, 0.1) is 0 Å². The minimum atomic E-state index is -0.435. The molecule has 0 amide bonds. The van der Waals surface area contributed by atoms with E-state index in [0.29, 0.717) is 5.88 Å². The van der Waals surface area contributed by atoms with Gasteiger partial charge in [0.2, 0.25) is 5.88 Å². The van der Waals surface area contributed by atoms with Gasteiger partial charge < -0.3 is 4.74 Å². The number of rotatable bonds is 0. The van der Waals surface area contributed by atoms with E-state index in [2.05, 4.69) is 53.9 Å². The summed E-state index contributed by atoms with van der Waals surface area (Å²) >= 11 is 0. The molecule has 0 N–H and O–H groups in total. The maximum Gasteiger partial charge on any atom is 0.241 e. The van der Waals surface area contributed by atoms with Crippen molar-refractivity contribution in [2.75, 3.05) is 0 Å². The second-order valence-electron chi connectivity index (χ2n) is 6.93. The zero-order chi connectivity index (χ0) is 16.5. The molecular formula is C20H17N3O. The number of aromatic nitrogens is 3. The molecule has 2 aromatic heterocycles. The van der Waals surface area contributed by atoms with Gasteiger partial charge in [-0.25, -0.2) is 9.97 Å². The first-order valence-electron chi connectivity index (χ1n) is 8.21. The molecule has 0 bridgehead atoms. The van der Waals surface area contributed by atoms with Crippen molar-refractivity contribution < 1.29 is 4.74 Å². The summed E-state index contributed by atoms with van der Waals surface area (Å²) in [5.41, 5.74) is 7.57. The normalized spacial score (nSPS) is 18.9. The Bertz CT molecular complexity index is 994. The molecule has 0 saturated carbocycles. The summed E-state index contributed by atoms with van der Waals surface area (Å²) in [4.78, 5) is 13.6. The summed E-state index contributed by atoms with van der Waals surface area (Å²) in [5, 5.41) is 0. The van der Waals surface area contributed by atoms with Gasteiger partial charge in [0.25, 0.3) is 0 Å². The van der Waals surface area contributed by atoms with Crippen LogP contribution in [0.15, 0.2) is 42.9 Å². The van der Waals surface area contributed by atoms with Gasteiger partial charge in [-0.3, -0.25) is 4.98 Å². The Morgan fingerprint density at radius 1 is 0.958 bits per heavy atom. The first-order valence-corrected chi connectivity index (χ1v) is 8.21. The molecule has 2 aliphatic rings. The van der Waals surface area contributed by atoms with Crippen molar-refractivity contribution in [3.05, 3.63) is 59.5 Å². The molecule has 0 spiro atoms. The Morgan fingerprint density at radius 2 is 1.75 bits per heavy atom. The van der Waals surface area contributed by atoms with Crippen LogP contribution in [-0.4, -0.2) is 15.0 Å². The summed E-state index contributed by atoms with van der Waals surface area (Å²) in [6.07, 6.45) is 5.28. The summed E-state index contributed by atoms with van der Waals surface area (Å²) in [7, 11) is 0. The van der Waals surface area contributed by atoms with E-state index in [1.807, 2.05) is 12.3 Å². The Labute approximate surface area is 140 Å². The number of benzene rings is 1. The highest BCUT2D eigenvalue weighted by Crippen LogP contribution is 2.53. The monoisotopic (exact) mass is 315 g/mol. The summed E-state index contributed by atoms with van der Waals surface area (Å²) in [6.45, 7) is 6.41. The van der Waals surface area contributed by atoms with Gasteiger partial charge in [0, 0.05) is 41.2 Å². The molecule has 0 saturated heterocycles. The van der Waals surface area contributed by atoms with Crippen molar-refractivity contribution in [1.29, 1.82) is 0 Å². The minimum absolute atomic E-state index is 0.280. The molecule has 1 unspecified atom stereocenters. The molecule has 1 aliphatic carbocycles. The third-order valence-electron chi connectivity index (χ3n) is 5.14. The molecule has 0 fully saturated rings. The van der Waals surface area contributed by atoms with E-state index in [1.165, 1.54) is 16.7 Å². The first kappa shape index (κ1) is 13.7. The van der Waals surface area contributed by atoms with E-state index in [0.717, 1.165) is 22.5 Å². The van der Waals surface area contributed by atoms with Crippen molar-refractivity contribution in [1.82, 2.24) is 15.0 Å². The Balaban J connectivity index is 1.90. The zero-order valence-electron chi connectivity index (χ0n) is 13.9. The highest BCUT2D eigenvalue weighted by Gasteiger charge is 2.40. The van der Waals surface area contributed by atoms with Crippen molar-refractivity contribution in [2.24, 2.45) is 0 Å². The molecule has 118 valence electrons. The fraction of sp³-hybridized carbons (Fsp3) is 0.250. The zero-order valence-corrected chi connectivity index (χ0v) is 13.9. The smallest absolute Gasteiger partial charge is 0.241 e. The van der Waals surface area contributed by atoms with Crippen molar-refractivity contribution in [3.63, 3.8) is 0 Å². The molecule has 4 heteroatoms. The average Bonchev–Trinajstić information content (AvgIpc) is 2.88. The summed E-state index contributed by atoms with van der Waals surface area (Å²) in [5.74, 6) is 0.891. The second kappa shape index (κ2) is 4.41. The Hall–Kier alpha value is -2.75. The van der Waals surface area contributed by atoms with Crippen LogP contribution in [0.3, 0.4) is 0 Å². The Morgan fingerprint density at radius 3 is 2.62 bits per heavy atom. The van der Waals surface area contributed by atoms with Crippen LogP contribution in [0.1, 0.15) is 43.4 Å². The average molecular weight is 315 g/mol. The Kier molecular flexibility index (Phi) is 2.51. The van der Waals surface area contributed by atoms with Gasteiger partial charge in [0.15, 0.2) is 0 Å². The molecule has 4 nitrogen and oxygen atoms in total. The molecule has 3 heterocycles. The van der Waals surface area contributed by atoms with Gasteiger partial charge >= 0.3 is 0 Å². The van der Waals surface area contributed by atoms with E-state index in [4.69, 9.17) is 4.74 Å². The molecule has 0 radical (unpaired) electrons. The second-order valence-corrected chi connectivity index (χ2v) is 6.93. The van der Waals surface area contributed by atoms with Crippen LogP contribution in [-0.2, 0) is 5.60 Å². The fourth-order valence-electron chi connectivity index (χ4n) is 4.05. The van der Waals surface area contributed by atoms with Crippen molar-refractivity contribution in [2.45, 2.75) is 32.3 Å². The number of fused-ring (bicyclic) bond motifs is 7. The number of hydrogen-bond donors (Lipinski definition) is 0. The van der Waals surface area contributed by atoms with Crippen molar-refractivity contribution in [3.8, 4) is 28.4 Å². The van der Waals surface area contributed by atoms with Crippen molar-refractivity contribution >= 4 is 0 Å². The lowest BCUT2D eigenvalue weighted by Gasteiger charge is -2.35. The van der Waals surface area contributed by atoms with Gasteiger partial charge in [-0.05, 0) is 31.0 Å². The van der Waals surface area contributed by atoms with Crippen LogP contribution in [0.5, 0.6) is 5.88 Å². The lowest BCUT2D eigenvalue weighted by atomic mass is 9.82. The highest BCUT2D eigenvalue weighted by atomic mass is 16.5. The first-order chi connectivity index (χ1) is 11.6. The molecule has 1 atom stereocenters. The van der Waals surface area contributed by atoms with E-state index >= 15 is 0 Å². The molecule has 1 aromatic carbocycles. The molecule has 3 aromatic rings. The van der Waals surface area contributed by atoms with E-state index in [9.17, 15) is 0 Å². The quantitative estimate of drug-likeness (QED) is 0.620. The number of pyridine rings is 1. The molecule has 5 rings (SSSR count). The standard InChI is InChI=1S/C20H17N3O/c1-11-12-5-4-8-21-17(12)13-6-7-14-16(15(11)13)18-19(23-10-9-22-18)24-20(14,2)3/h4-11H,1-3H3. The van der Waals surface area contributed by atoms with Crippen LogP contribution >= 0.6 is 0 Å². The topological polar surface area (TPSA) is 47.9 Å². The molecular weight excluding hydrogens is 298 g/mol. The largest absolute Gasteiger partial charge is 0.465 e. The molecule has 1 aliphatic heterocycles. The summed E-state index contributed by atoms with van der Waals surface area (Å²) in [6, 6.07) is 8.51. The number of ether oxygens (including phenoxy) is 1. The van der Waals surface area contributed by atoms with E-state index in [-0.39, 0.29) is 5.92 Å². The van der Waals surface area contributed by atoms with Gasteiger partial charge in [-0.15, -0.1) is 0 Å². The predicted molar refractivity (Wildman–Crippen MR) is 91.9 cm³/mol. The summed E-state index contributed by atoms with van der Waals surface area (Å²) < 4.78 is 6.13. The van der Waals surface area contributed by atoms with E-state index in [1.54, 1.807) is 12.4 Å². The molecule has 24 heavy (non-hydrogen) atoms. The van der Waals surface area contributed by atoms with Gasteiger partial charge in [0.1, 0.15) is 11.3 Å². The van der Waals surface area contributed by atoms with Crippen LogP contribution in [0.4, 0.5) is 0 Å². The minimum Gasteiger partial charge on any atom is -0.465 e. The number of hydrogen-bond acceptors (Lipinski definition) is 4. The van der Waals surface area contributed by atoms with Crippen LogP contribution in [0.25, 0.3) is 22.5 Å². The maximum atomic E-state index is 6.13. The third-order valence-corrected chi connectivity index (χ3v) is 5.14. The van der Waals surface area contributed by atoms with Gasteiger partial charge in [-0.1, -0.05) is 25.1 Å². The lowest BCUT2D eigenvalue weighted by Crippen LogP contribution is -2.30. The highest BCUT2D eigenvalue weighted by molar-refractivity contribution is 5.87. The van der Waals surface area contributed by atoms with E-state index < -0.39 is 5.60 Å². The van der Waals surface area contributed by atoms with Gasteiger partial charge in [0.05, 0.1) is 5.69 Å². The SMILES string of the molecule is CC1c2cccnc2-c2ccc3c(c21)-c1nccnc1OC3(C)C.